The first-order valence-electron chi connectivity index (χ1n) is 2.20. The van der Waals surface area contributed by atoms with E-state index in [2.05, 4.69) is 5.54 Å². The number of hydrogen-bond acceptors (Lipinski definition) is 1. The van der Waals surface area contributed by atoms with Crippen molar-refractivity contribution in [1.82, 2.24) is 0 Å². The number of rotatable bonds is 0. The van der Waals surface area contributed by atoms with Crippen molar-refractivity contribution >= 4 is 8.07 Å². The molecule has 0 aromatic carbocycles. The fourth-order valence-electron chi connectivity index (χ4n) is 0.153. The summed E-state index contributed by atoms with van der Waals surface area (Å²) in [6.45, 7) is 6.12. The average molecular weight is 152 g/mol. The summed E-state index contributed by atoms with van der Waals surface area (Å²) in [5.41, 5.74) is 2.62. The molecule has 0 saturated heterocycles. The maximum atomic E-state index is 9.62. The van der Waals surface area contributed by atoms with E-state index in [1.165, 1.54) is 0 Å². The van der Waals surface area contributed by atoms with Crippen molar-refractivity contribution in [2.75, 3.05) is 0 Å². The van der Waals surface area contributed by atoms with Gasteiger partial charge in [-0.25, -0.2) is 0 Å². The quantitative estimate of drug-likeness (QED) is 0.271. The van der Waals surface area contributed by atoms with Crippen LogP contribution in [-0.4, -0.2) is 8.07 Å². The Balaban J connectivity index is 0. The summed E-state index contributed by atoms with van der Waals surface area (Å²) >= 11 is 0. The first-order valence-corrected chi connectivity index (χ1v) is 5.70. The molecule has 0 spiro atoms. The van der Waals surface area contributed by atoms with Crippen LogP contribution < -0.4 is 56.5 Å². The molecule has 0 radical (unpaired) electrons. The van der Waals surface area contributed by atoms with Crippen LogP contribution in [0.2, 0.25) is 19.6 Å². The molecule has 0 aromatic rings. The van der Waals surface area contributed by atoms with Crippen molar-refractivity contribution in [2.45, 2.75) is 19.6 Å². The zero-order chi connectivity index (χ0) is 5.91. The normalized spacial score (nSPS) is 8.38. The second-order valence-electron chi connectivity index (χ2n) is 2.48. The second-order valence-corrected chi connectivity index (χ2v) is 7.23. The number of hydrogen-bond donors (Lipinski definition) is 0. The van der Waals surface area contributed by atoms with Crippen molar-refractivity contribution in [2.24, 2.45) is 0 Å². The van der Waals surface area contributed by atoms with Crippen LogP contribution in [0.3, 0.4) is 0 Å². The van der Waals surface area contributed by atoms with Crippen LogP contribution in [0.1, 0.15) is 0 Å². The van der Waals surface area contributed by atoms with E-state index in [4.69, 9.17) is 0 Å². The predicted octanol–water partition coefficient (Wildman–Crippen LogP) is -2.81. The maximum absolute atomic E-state index is 9.62. The summed E-state index contributed by atoms with van der Waals surface area (Å²) in [5.74, 6) is 0. The van der Waals surface area contributed by atoms with Gasteiger partial charge in [-0.1, -0.05) is 19.6 Å². The smallest absolute Gasteiger partial charge is 0.833 e. The third-order valence-electron chi connectivity index (χ3n) is 0.426. The van der Waals surface area contributed by atoms with Gasteiger partial charge in [-0.2, -0.15) is 6.11 Å². The van der Waals surface area contributed by atoms with Gasteiger partial charge in [-0.15, -0.1) is 5.54 Å². The molecule has 0 N–H and O–H groups in total. The van der Waals surface area contributed by atoms with Crippen molar-refractivity contribution in [3.63, 3.8) is 0 Å². The molecule has 0 heterocycles. The molecule has 0 unspecified atom stereocenters. The van der Waals surface area contributed by atoms with Crippen molar-refractivity contribution in [3.8, 4) is 11.7 Å². The van der Waals surface area contributed by atoms with Gasteiger partial charge < -0.3 is 5.11 Å². The maximum Gasteiger partial charge on any atom is 1.00 e. The van der Waals surface area contributed by atoms with Crippen molar-refractivity contribution in [1.29, 1.82) is 0 Å². The minimum atomic E-state index is -1.33. The zero-order valence-corrected chi connectivity index (χ0v) is 10.0. The molecule has 0 aliphatic heterocycles. The van der Waals surface area contributed by atoms with E-state index >= 15 is 0 Å². The van der Waals surface area contributed by atoms with Crippen molar-refractivity contribution < 1.29 is 56.5 Å². The van der Waals surface area contributed by atoms with Gasteiger partial charge in [-0.05, 0) is 0 Å². The van der Waals surface area contributed by atoms with E-state index in [0.717, 1.165) is 0 Å². The fourth-order valence-corrected chi connectivity index (χ4v) is 0.459. The molecule has 1 nitrogen and oxygen atoms in total. The van der Waals surface area contributed by atoms with Gasteiger partial charge in [0.05, 0.1) is 0 Å². The zero-order valence-electron chi connectivity index (χ0n) is 5.91. The SMILES string of the molecule is C[Si](C)(C)C#C[O-].[K+]. The molecule has 0 aliphatic rings. The second kappa shape index (κ2) is 5.03. The molecule has 3 heteroatoms. The van der Waals surface area contributed by atoms with E-state index in [0.29, 0.717) is 0 Å². The van der Waals surface area contributed by atoms with Crippen LogP contribution in [0.4, 0.5) is 0 Å². The molecule has 8 heavy (non-hydrogen) atoms. The molecule has 0 bridgehead atoms. The van der Waals surface area contributed by atoms with E-state index in [9.17, 15) is 5.11 Å². The molecule has 0 aromatic heterocycles. The summed E-state index contributed by atoms with van der Waals surface area (Å²) in [5, 5.41) is 9.62. The molecule has 0 amide bonds. The largest absolute Gasteiger partial charge is 1.00 e. The Morgan fingerprint density at radius 2 is 1.62 bits per heavy atom. The molecule has 0 aliphatic carbocycles. The average Bonchev–Trinajstić information content (AvgIpc) is 1.30. The molecular formula is C5H9KOSi. The Kier molecular flexibility index (Phi) is 7.52. The van der Waals surface area contributed by atoms with Gasteiger partial charge in [0, 0.05) is 0 Å². The Labute approximate surface area is 94.3 Å². The molecule has 0 atom stereocenters. The topological polar surface area (TPSA) is 23.1 Å². The first kappa shape index (κ1) is 11.9. The van der Waals surface area contributed by atoms with Gasteiger partial charge in [0.15, 0.2) is 0 Å². The van der Waals surface area contributed by atoms with Gasteiger partial charge >= 0.3 is 51.4 Å². The Morgan fingerprint density at radius 1 is 1.25 bits per heavy atom. The Bertz CT molecular complexity index is 106. The van der Waals surface area contributed by atoms with Gasteiger partial charge in [0.2, 0.25) is 0 Å². The molecule has 0 saturated carbocycles. The molecular weight excluding hydrogens is 143 g/mol. The minimum absolute atomic E-state index is 0. The van der Waals surface area contributed by atoms with Crippen molar-refractivity contribution in [3.05, 3.63) is 0 Å². The summed E-state index contributed by atoms with van der Waals surface area (Å²) in [4.78, 5) is 0. The van der Waals surface area contributed by atoms with E-state index < -0.39 is 8.07 Å². The van der Waals surface area contributed by atoms with Crippen LogP contribution in [0.25, 0.3) is 0 Å². The van der Waals surface area contributed by atoms with Crippen LogP contribution in [0.15, 0.2) is 0 Å². The van der Waals surface area contributed by atoms with Gasteiger partial charge in [0.25, 0.3) is 0 Å². The van der Waals surface area contributed by atoms with Crippen LogP contribution >= 0.6 is 0 Å². The van der Waals surface area contributed by atoms with Gasteiger partial charge in [-0.3, -0.25) is 0 Å². The third-order valence-corrected chi connectivity index (χ3v) is 1.28. The van der Waals surface area contributed by atoms with Crippen LogP contribution in [-0.2, 0) is 0 Å². The predicted molar refractivity (Wildman–Crippen MR) is 31.1 cm³/mol. The Morgan fingerprint density at radius 3 is 1.62 bits per heavy atom. The minimum Gasteiger partial charge on any atom is -0.833 e. The van der Waals surface area contributed by atoms with E-state index in [1.807, 2.05) is 19.6 Å². The van der Waals surface area contributed by atoms with Crippen LogP contribution in [0.5, 0.6) is 0 Å². The fraction of sp³-hybridized carbons (Fsp3) is 0.600. The van der Waals surface area contributed by atoms with Gasteiger partial charge in [0.1, 0.15) is 8.07 Å². The first-order chi connectivity index (χ1) is 3.06. The monoisotopic (exact) mass is 152 g/mol. The molecule has 0 rings (SSSR count). The standard InChI is InChI=1S/C5H10OSi.K/c1-7(2,3)5-4-6;/h6H,1-3H3;/q;+1/p-1. The molecule has 40 valence electrons. The summed E-state index contributed by atoms with van der Waals surface area (Å²) in [6, 6.07) is 0. The van der Waals surface area contributed by atoms with E-state index in [1.54, 1.807) is 6.11 Å². The van der Waals surface area contributed by atoms with Crippen LogP contribution in [0, 0.1) is 11.7 Å². The summed E-state index contributed by atoms with van der Waals surface area (Å²) < 4.78 is 0. The third kappa shape index (κ3) is 10.2. The Hall–Kier alpha value is 1.21. The van der Waals surface area contributed by atoms with E-state index in [-0.39, 0.29) is 51.4 Å². The molecule has 0 fully saturated rings. The summed E-state index contributed by atoms with van der Waals surface area (Å²) in [7, 11) is -1.33. The summed E-state index contributed by atoms with van der Waals surface area (Å²) in [6.07, 6.45) is 1.67.